The molecule has 0 unspecified atom stereocenters. The van der Waals surface area contributed by atoms with Gasteiger partial charge in [0, 0.05) is 61.7 Å². The van der Waals surface area contributed by atoms with Gasteiger partial charge in [-0.25, -0.2) is 19.2 Å². The van der Waals surface area contributed by atoms with Crippen LogP contribution in [0.3, 0.4) is 0 Å². The highest BCUT2D eigenvalue weighted by atomic mass is 19.4. The Morgan fingerprint density at radius 2 is 1.62 bits per heavy atom. The first-order chi connectivity index (χ1) is 21.5. The molecule has 2 aromatic carbocycles. The van der Waals surface area contributed by atoms with E-state index in [4.69, 9.17) is 9.90 Å². The third-order valence-electron chi connectivity index (χ3n) is 7.41. The number of aliphatic carboxylic acids is 1. The first kappa shape index (κ1) is 33.5. The highest BCUT2D eigenvalue weighted by Crippen LogP contribution is 2.40. The van der Waals surface area contributed by atoms with Gasteiger partial charge in [0.05, 0.1) is 0 Å². The molecule has 3 aromatic rings. The van der Waals surface area contributed by atoms with Crippen LogP contribution in [0.25, 0.3) is 11.4 Å². The van der Waals surface area contributed by atoms with Crippen LogP contribution in [-0.2, 0) is 9.59 Å². The summed E-state index contributed by atoms with van der Waals surface area (Å²) in [5, 5.41) is 16.9. The van der Waals surface area contributed by atoms with Gasteiger partial charge in [-0.15, -0.1) is 0 Å². The third-order valence-corrected chi connectivity index (χ3v) is 7.41. The van der Waals surface area contributed by atoms with Gasteiger partial charge in [-0.3, -0.25) is 9.59 Å². The number of nitrogens with one attached hydrogen (secondary N) is 3. The predicted molar refractivity (Wildman–Crippen MR) is 157 cm³/mol. The zero-order chi connectivity index (χ0) is 32.4. The minimum atomic E-state index is -5.08. The first-order valence-corrected chi connectivity index (χ1v) is 14.5. The lowest BCUT2D eigenvalue weighted by molar-refractivity contribution is -0.192. The number of alkyl halides is 3. The number of amides is 2. The summed E-state index contributed by atoms with van der Waals surface area (Å²) in [6.45, 7) is 3.52. The molecule has 1 aliphatic heterocycles. The second-order valence-corrected chi connectivity index (χ2v) is 10.7. The molecule has 14 heteroatoms. The zero-order valence-corrected chi connectivity index (χ0v) is 24.3. The molecule has 2 aliphatic rings. The highest BCUT2D eigenvalue weighted by molar-refractivity contribution is 5.97. The number of aromatic nitrogens is 2. The van der Waals surface area contributed by atoms with E-state index in [0.29, 0.717) is 42.9 Å². The van der Waals surface area contributed by atoms with Crippen LogP contribution in [0.15, 0.2) is 67.0 Å². The average molecular weight is 631 g/mol. The van der Waals surface area contributed by atoms with E-state index < -0.39 is 18.2 Å². The predicted octanol–water partition coefficient (Wildman–Crippen LogP) is 3.37. The van der Waals surface area contributed by atoms with Crippen LogP contribution >= 0.6 is 0 Å². The molecular formula is C31H34F4N6O4. The molecule has 2 fully saturated rings. The lowest BCUT2D eigenvalue weighted by Crippen LogP contribution is -2.54. The van der Waals surface area contributed by atoms with Gasteiger partial charge in [-0.05, 0) is 61.7 Å². The molecule has 0 spiro atoms. The van der Waals surface area contributed by atoms with Crippen molar-refractivity contribution in [2.24, 2.45) is 0 Å². The van der Waals surface area contributed by atoms with E-state index in [-0.39, 0.29) is 17.6 Å². The van der Waals surface area contributed by atoms with Crippen LogP contribution in [0.1, 0.15) is 41.1 Å². The Morgan fingerprint density at radius 3 is 2.22 bits per heavy atom. The number of hydrogen-bond acceptors (Lipinski definition) is 7. The minimum Gasteiger partial charge on any atom is -0.475 e. The van der Waals surface area contributed by atoms with E-state index in [1.165, 1.54) is 12.1 Å². The fraction of sp³-hybridized carbons (Fsp3) is 0.387. The molecule has 45 heavy (non-hydrogen) atoms. The summed E-state index contributed by atoms with van der Waals surface area (Å²) in [6, 6.07) is 15.3. The second kappa shape index (κ2) is 15.5. The number of benzene rings is 2. The smallest absolute Gasteiger partial charge is 0.475 e. The summed E-state index contributed by atoms with van der Waals surface area (Å²) in [4.78, 5) is 45.6. The minimum absolute atomic E-state index is 0.0373. The van der Waals surface area contributed by atoms with Crippen LogP contribution in [-0.4, -0.2) is 88.7 Å². The van der Waals surface area contributed by atoms with Gasteiger partial charge in [-0.2, -0.15) is 13.2 Å². The topological polar surface area (TPSA) is 137 Å². The summed E-state index contributed by atoms with van der Waals surface area (Å²) >= 11 is 0. The second-order valence-electron chi connectivity index (χ2n) is 10.7. The number of halogens is 4. The molecule has 240 valence electrons. The summed E-state index contributed by atoms with van der Waals surface area (Å²) in [6.07, 6.45) is 0.590. The number of rotatable bonds is 10. The summed E-state index contributed by atoms with van der Waals surface area (Å²) in [7, 11) is 0. The van der Waals surface area contributed by atoms with Gasteiger partial charge in [0.15, 0.2) is 5.82 Å². The molecule has 0 radical (unpaired) electrons. The summed E-state index contributed by atoms with van der Waals surface area (Å²) in [5.41, 5.74) is 2.45. The van der Waals surface area contributed by atoms with Gasteiger partial charge >= 0.3 is 12.1 Å². The number of piperazine rings is 1. The molecular weight excluding hydrogens is 596 g/mol. The van der Waals surface area contributed by atoms with Crippen molar-refractivity contribution in [2.45, 2.75) is 43.4 Å². The SMILES string of the molecule is O=C(N[C@@H](CCCN[C@@H]1C[C@H]1c1ccc(F)cc1)C(=O)N1CCNCC1)c1ccc(-c2ncccn2)cc1.O=C(O)C(F)(F)F. The normalized spacial score (nSPS) is 18.3. The highest BCUT2D eigenvalue weighted by Gasteiger charge is 2.38. The quantitative estimate of drug-likeness (QED) is 0.198. The van der Waals surface area contributed by atoms with Crippen molar-refractivity contribution in [2.75, 3.05) is 32.7 Å². The van der Waals surface area contributed by atoms with Crippen molar-refractivity contribution in [1.82, 2.24) is 30.8 Å². The third kappa shape index (κ3) is 10.0. The van der Waals surface area contributed by atoms with Crippen molar-refractivity contribution in [1.29, 1.82) is 0 Å². The Morgan fingerprint density at radius 1 is 1.00 bits per heavy atom. The molecule has 4 N–H and O–H groups in total. The van der Waals surface area contributed by atoms with Crippen molar-refractivity contribution in [3.63, 3.8) is 0 Å². The fourth-order valence-corrected chi connectivity index (χ4v) is 4.92. The number of carboxylic acid groups (broad SMARTS) is 1. The largest absolute Gasteiger partial charge is 0.490 e. The van der Waals surface area contributed by atoms with E-state index >= 15 is 0 Å². The van der Waals surface area contributed by atoms with Crippen molar-refractivity contribution in [3.05, 3.63) is 83.9 Å². The Hall–Kier alpha value is -4.43. The maximum absolute atomic E-state index is 13.3. The summed E-state index contributed by atoms with van der Waals surface area (Å²) < 4.78 is 44.9. The molecule has 2 amide bonds. The van der Waals surface area contributed by atoms with Crippen LogP contribution in [0.5, 0.6) is 0 Å². The van der Waals surface area contributed by atoms with Gasteiger partial charge < -0.3 is 26.0 Å². The number of carboxylic acids is 1. The molecule has 0 bridgehead atoms. The van der Waals surface area contributed by atoms with E-state index in [1.54, 1.807) is 30.6 Å². The average Bonchev–Trinajstić information content (AvgIpc) is 3.82. The molecule has 1 saturated heterocycles. The van der Waals surface area contributed by atoms with Crippen LogP contribution in [0.4, 0.5) is 17.6 Å². The van der Waals surface area contributed by atoms with Gasteiger partial charge in [0.25, 0.3) is 5.91 Å². The van der Waals surface area contributed by atoms with Crippen LogP contribution in [0, 0.1) is 5.82 Å². The van der Waals surface area contributed by atoms with E-state index in [9.17, 15) is 27.2 Å². The Labute approximate surface area is 257 Å². The Bertz CT molecular complexity index is 1420. The van der Waals surface area contributed by atoms with Gasteiger partial charge in [0.2, 0.25) is 5.91 Å². The lowest BCUT2D eigenvalue weighted by atomic mass is 10.1. The van der Waals surface area contributed by atoms with Crippen molar-refractivity contribution >= 4 is 17.8 Å². The van der Waals surface area contributed by atoms with E-state index in [1.807, 2.05) is 29.2 Å². The van der Waals surface area contributed by atoms with Crippen molar-refractivity contribution < 1.29 is 37.1 Å². The summed E-state index contributed by atoms with van der Waals surface area (Å²) in [5.74, 6) is -2.29. The monoisotopic (exact) mass is 630 g/mol. The Kier molecular flexibility index (Phi) is 11.5. The molecule has 1 saturated carbocycles. The standard InChI is InChI=1S/C29H33FN6O2.C2HF3O2/c30-23-10-8-20(9-11-23)24-19-26(24)32-12-1-3-25(29(38)36-17-15-31-16-18-36)35-28(37)22-6-4-21(5-7-22)27-33-13-2-14-34-27;3-2(4,5)1(6)7/h2,4-11,13-14,24-26,31-32H,1,3,12,15-19H2,(H,35,37);(H,6,7)/t24-,25-,26+;/m0./s1. The van der Waals surface area contributed by atoms with E-state index in [0.717, 1.165) is 43.6 Å². The molecule has 1 aromatic heterocycles. The molecule has 3 atom stereocenters. The van der Waals surface area contributed by atoms with Gasteiger partial charge in [0.1, 0.15) is 11.9 Å². The number of carbonyl (C=O) groups excluding carboxylic acids is 2. The molecule has 10 nitrogen and oxygen atoms in total. The van der Waals surface area contributed by atoms with Crippen LogP contribution in [0.2, 0.25) is 0 Å². The maximum Gasteiger partial charge on any atom is 0.490 e. The molecule has 5 rings (SSSR count). The van der Waals surface area contributed by atoms with Crippen LogP contribution < -0.4 is 16.0 Å². The van der Waals surface area contributed by atoms with Gasteiger partial charge in [-0.1, -0.05) is 24.3 Å². The number of hydrogen-bond donors (Lipinski definition) is 4. The van der Waals surface area contributed by atoms with E-state index in [2.05, 4.69) is 25.9 Å². The molecule has 2 heterocycles. The first-order valence-electron chi connectivity index (χ1n) is 14.5. The fourth-order valence-electron chi connectivity index (χ4n) is 4.92. The number of carbonyl (C=O) groups is 3. The maximum atomic E-state index is 13.3. The van der Waals surface area contributed by atoms with Crippen molar-refractivity contribution in [3.8, 4) is 11.4 Å². The Balaban J connectivity index is 0.000000591. The molecule has 1 aliphatic carbocycles. The number of nitrogens with zero attached hydrogens (tertiary/aromatic N) is 3. The lowest BCUT2D eigenvalue weighted by Gasteiger charge is -2.31. The zero-order valence-electron chi connectivity index (χ0n) is 24.3.